The Morgan fingerprint density at radius 3 is 2.88 bits per heavy atom. The van der Waals surface area contributed by atoms with E-state index in [1.54, 1.807) is 11.8 Å². The van der Waals surface area contributed by atoms with Crippen molar-refractivity contribution in [2.24, 2.45) is 0 Å². The maximum atomic E-state index is 12.4. The van der Waals surface area contributed by atoms with Crippen molar-refractivity contribution in [3.05, 3.63) is 23.9 Å². The fourth-order valence-electron chi connectivity index (χ4n) is 1.43. The molecule has 0 spiro atoms. The molecule has 1 fully saturated rings. The van der Waals surface area contributed by atoms with E-state index in [1.165, 1.54) is 0 Å². The topological polar surface area (TPSA) is 22.1 Å². The molecule has 2 rings (SSSR count). The summed E-state index contributed by atoms with van der Waals surface area (Å²) in [5, 5.41) is 0. The Morgan fingerprint density at radius 2 is 2.25 bits per heavy atom. The van der Waals surface area contributed by atoms with E-state index in [4.69, 9.17) is 4.74 Å². The number of halogens is 3. The number of hydrogen-bond donors (Lipinski definition) is 0. The summed E-state index contributed by atoms with van der Waals surface area (Å²) in [7, 11) is 0. The van der Waals surface area contributed by atoms with Crippen molar-refractivity contribution < 1.29 is 17.9 Å². The highest BCUT2D eigenvalue weighted by molar-refractivity contribution is 7.99. The van der Waals surface area contributed by atoms with Gasteiger partial charge in [-0.25, -0.2) is 4.98 Å². The summed E-state index contributed by atoms with van der Waals surface area (Å²) in [6.07, 6.45) is -2.37. The minimum absolute atomic E-state index is 0.0130. The molecule has 1 aromatic heterocycles. The van der Waals surface area contributed by atoms with Crippen LogP contribution >= 0.6 is 11.8 Å². The van der Waals surface area contributed by atoms with E-state index in [0.29, 0.717) is 0 Å². The van der Waals surface area contributed by atoms with E-state index in [2.05, 4.69) is 4.98 Å². The first-order valence-electron chi connectivity index (χ1n) is 4.83. The predicted molar refractivity (Wildman–Crippen MR) is 55.6 cm³/mol. The van der Waals surface area contributed by atoms with Gasteiger partial charge in [-0.15, -0.1) is 0 Å². The van der Waals surface area contributed by atoms with Crippen molar-refractivity contribution in [2.45, 2.75) is 18.7 Å². The first kappa shape index (κ1) is 11.6. The van der Waals surface area contributed by atoms with E-state index in [9.17, 15) is 13.2 Å². The standard InChI is InChI=1S/C10H10F3NOS/c11-10(12,13)7-1-3-14-9(5-7)15-8-2-4-16-6-8/h1,3,5,8H,2,4,6H2. The lowest BCUT2D eigenvalue weighted by molar-refractivity contribution is -0.137. The van der Waals surface area contributed by atoms with Crippen molar-refractivity contribution in [3.8, 4) is 5.88 Å². The molecule has 0 saturated carbocycles. The molecule has 1 saturated heterocycles. The summed E-state index contributed by atoms with van der Waals surface area (Å²) >= 11 is 1.74. The van der Waals surface area contributed by atoms with E-state index < -0.39 is 11.7 Å². The lowest BCUT2D eigenvalue weighted by Gasteiger charge is -2.13. The van der Waals surface area contributed by atoms with Gasteiger partial charge in [0.25, 0.3) is 0 Å². The molecule has 2 nitrogen and oxygen atoms in total. The molecule has 0 N–H and O–H groups in total. The summed E-state index contributed by atoms with van der Waals surface area (Å²) in [6, 6.07) is 1.89. The summed E-state index contributed by atoms with van der Waals surface area (Å²) in [5.41, 5.74) is -0.719. The van der Waals surface area contributed by atoms with Gasteiger partial charge in [0.05, 0.1) is 5.56 Å². The van der Waals surface area contributed by atoms with Gasteiger partial charge in [0, 0.05) is 18.0 Å². The van der Waals surface area contributed by atoms with Gasteiger partial charge in [-0.05, 0) is 18.2 Å². The molecule has 0 radical (unpaired) electrons. The average Bonchev–Trinajstić information content (AvgIpc) is 2.70. The minimum Gasteiger partial charge on any atom is -0.473 e. The van der Waals surface area contributed by atoms with Crippen LogP contribution in [0, 0.1) is 0 Å². The van der Waals surface area contributed by atoms with E-state index in [-0.39, 0.29) is 12.0 Å². The summed E-state index contributed by atoms with van der Waals surface area (Å²) < 4.78 is 42.6. The summed E-state index contributed by atoms with van der Waals surface area (Å²) in [6.45, 7) is 0. The number of thioether (sulfide) groups is 1. The second kappa shape index (κ2) is 4.53. The molecule has 88 valence electrons. The van der Waals surface area contributed by atoms with Crippen LogP contribution in [0.15, 0.2) is 18.3 Å². The molecule has 1 aromatic rings. The Morgan fingerprint density at radius 1 is 1.44 bits per heavy atom. The maximum Gasteiger partial charge on any atom is 0.416 e. The van der Waals surface area contributed by atoms with Gasteiger partial charge in [0.15, 0.2) is 0 Å². The monoisotopic (exact) mass is 249 g/mol. The van der Waals surface area contributed by atoms with Crippen LogP contribution < -0.4 is 4.74 Å². The zero-order valence-electron chi connectivity index (χ0n) is 8.33. The van der Waals surface area contributed by atoms with Gasteiger partial charge >= 0.3 is 6.18 Å². The van der Waals surface area contributed by atoms with E-state index in [1.807, 2.05) is 0 Å². The lowest BCUT2D eigenvalue weighted by Crippen LogP contribution is -2.16. The fourth-order valence-corrected chi connectivity index (χ4v) is 2.52. The molecule has 0 amide bonds. The number of rotatable bonds is 2. The van der Waals surface area contributed by atoms with Crippen LogP contribution in [-0.4, -0.2) is 22.6 Å². The first-order chi connectivity index (χ1) is 7.55. The highest BCUT2D eigenvalue weighted by atomic mass is 32.2. The van der Waals surface area contributed by atoms with Crippen LogP contribution in [0.5, 0.6) is 5.88 Å². The highest BCUT2D eigenvalue weighted by Gasteiger charge is 2.31. The number of alkyl halides is 3. The Balaban J connectivity index is 2.09. The van der Waals surface area contributed by atoms with Crippen LogP contribution in [0.1, 0.15) is 12.0 Å². The quantitative estimate of drug-likeness (QED) is 0.804. The lowest BCUT2D eigenvalue weighted by atomic mass is 10.2. The van der Waals surface area contributed by atoms with Crippen molar-refractivity contribution >= 4 is 11.8 Å². The molecule has 1 aliphatic rings. The SMILES string of the molecule is FC(F)(F)c1ccnc(OC2CCSC2)c1. The number of aromatic nitrogens is 1. The molecule has 0 aromatic carbocycles. The number of nitrogens with zero attached hydrogens (tertiary/aromatic N) is 1. The zero-order chi connectivity index (χ0) is 11.6. The molecule has 1 unspecified atom stereocenters. The van der Waals surface area contributed by atoms with Gasteiger partial charge in [-0.1, -0.05) is 0 Å². The second-order valence-corrected chi connectivity index (χ2v) is 4.63. The van der Waals surface area contributed by atoms with Crippen LogP contribution in [0.25, 0.3) is 0 Å². The minimum atomic E-state index is -4.34. The molecule has 6 heteroatoms. The van der Waals surface area contributed by atoms with Gasteiger partial charge in [0.2, 0.25) is 5.88 Å². The number of pyridine rings is 1. The first-order valence-corrected chi connectivity index (χ1v) is 5.99. The Kier molecular flexibility index (Phi) is 3.28. The van der Waals surface area contributed by atoms with Crippen molar-refractivity contribution in [1.82, 2.24) is 4.98 Å². The van der Waals surface area contributed by atoms with Crippen LogP contribution in [0.2, 0.25) is 0 Å². The number of hydrogen-bond acceptors (Lipinski definition) is 3. The van der Waals surface area contributed by atoms with E-state index >= 15 is 0 Å². The average molecular weight is 249 g/mol. The van der Waals surface area contributed by atoms with Crippen LogP contribution in [0.4, 0.5) is 13.2 Å². The predicted octanol–water partition coefficient (Wildman–Crippen LogP) is 2.98. The molecule has 0 aliphatic carbocycles. The van der Waals surface area contributed by atoms with E-state index in [0.717, 1.165) is 36.3 Å². The molecule has 1 atom stereocenters. The zero-order valence-corrected chi connectivity index (χ0v) is 9.14. The third-order valence-electron chi connectivity index (χ3n) is 2.24. The third-order valence-corrected chi connectivity index (χ3v) is 3.37. The van der Waals surface area contributed by atoms with Gasteiger partial charge in [-0.2, -0.15) is 24.9 Å². The molecule has 1 aliphatic heterocycles. The van der Waals surface area contributed by atoms with Crippen molar-refractivity contribution in [1.29, 1.82) is 0 Å². The van der Waals surface area contributed by atoms with Crippen molar-refractivity contribution in [3.63, 3.8) is 0 Å². The normalized spacial score (nSPS) is 21.1. The summed E-state index contributed by atoms with van der Waals surface area (Å²) in [5.74, 6) is 1.86. The Hall–Kier alpha value is -0.910. The van der Waals surface area contributed by atoms with Gasteiger partial charge in [-0.3, -0.25) is 0 Å². The van der Waals surface area contributed by atoms with Crippen LogP contribution in [0.3, 0.4) is 0 Å². The fraction of sp³-hybridized carbons (Fsp3) is 0.500. The largest absolute Gasteiger partial charge is 0.473 e. The third kappa shape index (κ3) is 2.81. The Labute approximate surface area is 95.2 Å². The summed E-state index contributed by atoms with van der Waals surface area (Å²) in [4.78, 5) is 3.78. The molecular weight excluding hydrogens is 239 g/mol. The van der Waals surface area contributed by atoms with Crippen LogP contribution in [-0.2, 0) is 6.18 Å². The smallest absolute Gasteiger partial charge is 0.416 e. The highest BCUT2D eigenvalue weighted by Crippen LogP contribution is 2.31. The maximum absolute atomic E-state index is 12.4. The number of ether oxygens (including phenoxy) is 1. The molecule has 0 bridgehead atoms. The van der Waals surface area contributed by atoms with Gasteiger partial charge in [0.1, 0.15) is 6.10 Å². The molecule has 16 heavy (non-hydrogen) atoms. The van der Waals surface area contributed by atoms with Crippen molar-refractivity contribution in [2.75, 3.05) is 11.5 Å². The second-order valence-electron chi connectivity index (χ2n) is 3.48. The Bertz CT molecular complexity index is 363. The molecule has 2 heterocycles. The van der Waals surface area contributed by atoms with Gasteiger partial charge < -0.3 is 4.74 Å². The molecular formula is C10H10F3NOS.